The van der Waals surface area contributed by atoms with Gasteiger partial charge in [0.2, 0.25) is 0 Å². The highest BCUT2D eigenvalue weighted by Gasteiger charge is 2.16. The monoisotopic (exact) mass is 347 g/mol. The van der Waals surface area contributed by atoms with Crippen molar-refractivity contribution >= 4 is 27.6 Å². The van der Waals surface area contributed by atoms with Gasteiger partial charge in [0, 0.05) is 23.7 Å². The first-order valence-electron chi connectivity index (χ1n) is 5.74. The van der Waals surface area contributed by atoms with Crippen molar-refractivity contribution in [1.82, 2.24) is 0 Å². The molecule has 110 valence electrons. The highest BCUT2D eigenvalue weighted by Crippen LogP contribution is 2.23. The third kappa shape index (κ3) is 5.24. The molecule has 0 N–H and O–H groups in total. The summed E-state index contributed by atoms with van der Waals surface area (Å²) in [7, 11) is 1.56. The number of nitro groups is 1. The Morgan fingerprint density at radius 1 is 1.30 bits per heavy atom. The van der Waals surface area contributed by atoms with Crippen molar-refractivity contribution in [3.63, 3.8) is 0 Å². The first-order valence-corrected chi connectivity index (χ1v) is 6.53. The molecule has 1 aromatic carbocycles. The number of hydrogen-bond acceptors (Lipinski definition) is 6. The highest BCUT2D eigenvalue weighted by molar-refractivity contribution is 9.10. The topological polar surface area (TPSA) is 87.9 Å². The van der Waals surface area contributed by atoms with Gasteiger partial charge in [-0.3, -0.25) is 10.1 Å². The van der Waals surface area contributed by atoms with E-state index in [1.165, 1.54) is 12.1 Å². The zero-order chi connectivity index (χ0) is 15.0. The molecule has 0 aliphatic rings. The number of benzene rings is 1. The smallest absolute Gasteiger partial charge is 0.339 e. The second-order valence-corrected chi connectivity index (χ2v) is 4.52. The van der Waals surface area contributed by atoms with Crippen LogP contribution in [-0.4, -0.2) is 44.4 Å². The summed E-state index contributed by atoms with van der Waals surface area (Å²) >= 11 is 3.15. The molecule has 0 heterocycles. The summed E-state index contributed by atoms with van der Waals surface area (Å²) < 4.78 is 15.3. The number of hydrogen-bond donors (Lipinski definition) is 0. The van der Waals surface area contributed by atoms with Gasteiger partial charge in [0.05, 0.1) is 30.3 Å². The van der Waals surface area contributed by atoms with Gasteiger partial charge in [-0.1, -0.05) is 0 Å². The number of ether oxygens (including phenoxy) is 3. The third-order valence-corrected chi connectivity index (χ3v) is 2.96. The summed E-state index contributed by atoms with van der Waals surface area (Å²) in [5, 5.41) is 10.7. The Balaban J connectivity index is 2.50. The van der Waals surface area contributed by atoms with E-state index in [1.807, 2.05) is 0 Å². The predicted octanol–water partition coefficient (Wildman–Crippen LogP) is 2.18. The molecule has 0 aromatic heterocycles. The molecule has 0 amide bonds. The van der Waals surface area contributed by atoms with Crippen LogP contribution >= 0.6 is 15.9 Å². The number of esters is 1. The van der Waals surface area contributed by atoms with Crippen LogP contribution in [0.4, 0.5) is 5.69 Å². The fourth-order valence-corrected chi connectivity index (χ4v) is 1.71. The van der Waals surface area contributed by atoms with Gasteiger partial charge in [-0.15, -0.1) is 0 Å². The molecule has 8 heteroatoms. The Kier molecular flexibility index (Phi) is 7.13. The second-order valence-electron chi connectivity index (χ2n) is 3.66. The Morgan fingerprint density at radius 3 is 2.65 bits per heavy atom. The number of carbonyl (C=O) groups is 1. The van der Waals surface area contributed by atoms with Crippen LogP contribution in [0.3, 0.4) is 0 Å². The summed E-state index contributed by atoms with van der Waals surface area (Å²) in [6, 6.07) is 3.90. The normalized spacial score (nSPS) is 10.3. The zero-order valence-electron chi connectivity index (χ0n) is 10.8. The first kappa shape index (κ1) is 16.5. The number of non-ortho nitro benzene ring substituents is 1. The molecule has 1 aromatic rings. The van der Waals surface area contributed by atoms with Crippen LogP contribution in [0.1, 0.15) is 10.4 Å². The molecule has 0 unspecified atom stereocenters. The minimum absolute atomic E-state index is 0.0671. The van der Waals surface area contributed by atoms with Gasteiger partial charge in [-0.05, 0) is 22.0 Å². The zero-order valence-corrected chi connectivity index (χ0v) is 12.4. The second kappa shape index (κ2) is 8.62. The molecule has 0 aliphatic heterocycles. The number of methoxy groups -OCH3 is 1. The summed E-state index contributed by atoms with van der Waals surface area (Å²) in [6.45, 7) is 1.18. The van der Waals surface area contributed by atoms with Crippen LogP contribution in [-0.2, 0) is 14.2 Å². The van der Waals surface area contributed by atoms with E-state index in [-0.39, 0.29) is 24.5 Å². The Bertz CT molecular complexity index is 479. The van der Waals surface area contributed by atoms with Crippen molar-refractivity contribution in [1.29, 1.82) is 0 Å². The lowest BCUT2D eigenvalue weighted by atomic mass is 10.2. The molecule has 0 aliphatic carbocycles. The van der Waals surface area contributed by atoms with Crippen molar-refractivity contribution < 1.29 is 23.9 Å². The standard InChI is InChI=1S/C12H14BrNO6/c1-18-4-5-19-6-7-20-12(15)10-8-9(14(16)17)2-3-11(10)13/h2-3,8H,4-7H2,1H3. The maximum absolute atomic E-state index is 11.8. The Hall–Kier alpha value is -1.51. The fourth-order valence-electron chi connectivity index (χ4n) is 1.30. The molecule has 0 fully saturated rings. The van der Waals surface area contributed by atoms with E-state index in [4.69, 9.17) is 14.2 Å². The number of rotatable bonds is 8. The van der Waals surface area contributed by atoms with Crippen molar-refractivity contribution in [2.24, 2.45) is 0 Å². The largest absolute Gasteiger partial charge is 0.460 e. The van der Waals surface area contributed by atoms with Gasteiger partial charge < -0.3 is 14.2 Å². The molecular weight excluding hydrogens is 334 g/mol. The van der Waals surface area contributed by atoms with E-state index >= 15 is 0 Å². The van der Waals surface area contributed by atoms with Crippen molar-refractivity contribution in [2.75, 3.05) is 33.5 Å². The molecule has 0 saturated heterocycles. The van der Waals surface area contributed by atoms with Crippen LogP contribution in [0.25, 0.3) is 0 Å². The van der Waals surface area contributed by atoms with Gasteiger partial charge in [0.1, 0.15) is 6.61 Å². The lowest BCUT2D eigenvalue weighted by Gasteiger charge is -2.07. The summed E-state index contributed by atoms with van der Waals surface area (Å²) in [5.74, 6) is -0.643. The van der Waals surface area contributed by atoms with Gasteiger partial charge in [-0.2, -0.15) is 0 Å². The van der Waals surface area contributed by atoms with E-state index in [1.54, 1.807) is 7.11 Å². The summed E-state index contributed by atoms with van der Waals surface area (Å²) in [4.78, 5) is 21.9. The fraction of sp³-hybridized carbons (Fsp3) is 0.417. The van der Waals surface area contributed by atoms with Crippen molar-refractivity contribution in [3.05, 3.63) is 38.3 Å². The summed E-state index contributed by atoms with van der Waals surface area (Å²) in [5.41, 5.74) is -0.0624. The molecule has 7 nitrogen and oxygen atoms in total. The number of halogens is 1. The van der Waals surface area contributed by atoms with Gasteiger partial charge in [0.15, 0.2) is 0 Å². The van der Waals surface area contributed by atoms with E-state index in [9.17, 15) is 14.9 Å². The molecule has 1 rings (SSSR count). The Labute approximate surface area is 124 Å². The summed E-state index contributed by atoms with van der Waals surface area (Å²) in [6.07, 6.45) is 0. The number of carbonyl (C=O) groups excluding carboxylic acids is 1. The van der Waals surface area contributed by atoms with Gasteiger partial charge >= 0.3 is 5.97 Å². The lowest BCUT2D eigenvalue weighted by molar-refractivity contribution is -0.384. The quantitative estimate of drug-likeness (QED) is 0.310. The molecular formula is C12H14BrNO6. The SMILES string of the molecule is COCCOCCOC(=O)c1cc([N+](=O)[O-])ccc1Br. The molecule has 0 bridgehead atoms. The van der Waals surface area contributed by atoms with E-state index in [0.717, 1.165) is 6.07 Å². The van der Waals surface area contributed by atoms with Gasteiger partial charge in [0.25, 0.3) is 5.69 Å². The average Bonchev–Trinajstić information content (AvgIpc) is 2.42. The van der Waals surface area contributed by atoms with Crippen LogP contribution in [0.5, 0.6) is 0 Å². The minimum atomic E-state index is -0.643. The number of nitro benzene ring substituents is 1. The molecule has 0 saturated carbocycles. The maximum atomic E-state index is 11.8. The van der Waals surface area contributed by atoms with Gasteiger partial charge in [-0.25, -0.2) is 4.79 Å². The van der Waals surface area contributed by atoms with Crippen molar-refractivity contribution in [2.45, 2.75) is 0 Å². The van der Waals surface area contributed by atoms with E-state index in [2.05, 4.69) is 15.9 Å². The number of nitrogens with zero attached hydrogens (tertiary/aromatic N) is 1. The molecule has 0 radical (unpaired) electrons. The highest BCUT2D eigenvalue weighted by atomic mass is 79.9. The van der Waals surface area contributed by atoms with E-state index < -0.39 is 10.9 Å². The van der Waals surface area contributed by atoms with Crippen molar-refractivity contribution in [3.8, 4) is 0 Å². The van der Waals surface area contributed by atoms with Crippen LogP contribution in [0.2, 0.25) is 0 Å². The average molecular weight is 348 g/mol. The van der Waals surface area contributed by atoms with Crippen LogP contribution in [0.15, 0.2) is 22.7 Å². The van der Waals surface area contributed by atoms with Crippen LogP contribution in [0, 0.1) is 10.1 Å². The molecule has 0 atom stereocenters. The lowest BCUT2D eigenvalue weighted by Crippen LogP contribution is -2.13. The third-order valence-electron chi connectivity index (χ3n) is 2.27. The van der Waals surface area contributed by atoms with E-state index in [0.29, 0.717) is 17.7 Å². The first-order chi connectivity index (χ1) is 9.56. The maximum Gasteiger partial charge on any atom is 0.339 e. The molecule has 20 heavy (non-hydrogen) atoms. The van der Waals surface area contributed by atoms with Crippen LogP contribution < -0.4 is 0 Å². The minimum Gasteiger partial charge on any atom is -0.460 e. The Morgan fingerprint density at radius 2 is 2.00 bits per heavy atom. The molecule has 0 spiro atoms. The predicted molar refractivity (Wildman–Crippen MR) is 73.8 cm³/mol.